The highest BCUT2D eigenvalue weighted by atomic mass is 16.3. The number of nitrogens with zero attached hydrogens (tertiary/aromatic N) is 2. The summed E-state index contributed by atoms with van der Waals surface area (Å²) in [5, 5.41) is 14.6. The van der Waals surface area contributed by atoms with Gasteiger partial charge in [0.05, 0.1) is 11.4 Å². The van der Waals surface area contributed by atoms with Gasteiger partial charge in [-0.25, -0.2) is 4.68 Å². The third kappa shape index (κ3) is 2.05. The molecule has 0 spiro atoms. The molecule has 0 radical (unpaired) electrons. The van der Waals surface area contributed by atoms with E-state index in [-0.39, 0.29) is 5.88 Å². The van der Waals surface area contributed by atoms with Crippen LogP contribution in [0.2, 0.25) is 0 Å². The Morgan fingerprint density at radius 1 is 1.24 bits per heavy atom. The molecular formula is C14H18N2O. The average Bonchev–Trinajstić information content (AvgIpc) is 2.59. The molecule has 2 rings (SSSR count). The standard InChI is InChI=1S/C14H18N2O/c1-4-7-12-11(3)14(17)16(15-12)13-9-6-5-8-10(13)2/h5-6,8-9,17H,4,7H2,1-3H3. The van der Waals surface area contributed by atoms with Crippen LogP contribution < -0.4 is 0 Å². The Kier molecular flexibility index (Phi) is 3.18. The van der Waals surface area contributed by atoms with E-state index < -0.39 is 0 Å². The fourth-order valence-corrected chi connectivity index (χ4v) is 1.97. The molecule has 0 saturated heterocycles. The molecule has 0 unspecified atom stereocenters. The number of aromatic nitrogens is 2. The summed E-state index contributed by atoms with van der Waals surface area (Å²) in [6.45, 7) is 6.05. The maximum atomic E-state index is 10.1. The normalized spacial score (nSPS) is 10.8. The molecule has 0 aliphatic heterocycles. The smallest absolute Gasteiger partial charge is 0.217 e. The van der Waals surface area contributed by atoms with E-state index in [0.29, 0.717) is 0 Å². The highest BCUT2D eigenvalue weighted by Crippen LogP contribution is 2.26. The Hall–Kier alpha value is -1.77. The second kappa shape index (κ2) is 4.62. The second-order valence-electron chi connectivity index (χ2n) is 4.34. The summed E-state index contributed by atoms with van der Waals surface area (Å²) < 4.78 is 1.63. The molecule has 2 aromatic rings. The van der Waals surface area contributed by atoms with Crippen molar-refractivity contribution in [2.75, 3.05) is 0 Å². The van der Waals surface area contributed by atoms with Crippen molar-refractivity contribution in [3.8, 4) is 11.6 Å². The molecule has 1 heterocycles. The molecule has 17 heavy (non-hydrogen) atoms. The minimum absolute atomic E-state index is 0.253. The maximum Gasteiger partial charge on any atom is 0.217 e. The molecule has 1 aromatic carbocycles. The molecule has 90 valence electrons. The lowest BCUT2D eigenvalue weighted by Gasteiger charge is -2.06. The van der Waals surface area contributed by atoms with Crippen LogP contribution in [0.1, 0.15) is 30.2 Å². The van der Waals surface area contributed by atoms with E-state index >= 15 is 0 Å². The quantitative estimate of drug-likeness (QED) is 0.879. The van der Waals surface area contributed by atoms with Crippen molar-refractivity contribution in [2.24, 2.45) is 0 Å². The maximum absolute atomic E-state index is 10.1. The van der Waals surface area contributed by atoms with E-state index in [4.69, 9.17) is 0 Å². The first-order valence-corrected chi connectivity index (χ1v) is 5.98. The number of aryl methyl sites for hydroxylation is 2. The summed E-state index contributed by atoms with van der Waals surface area (Å²) in [6, 6.07) is 7.93. The summed E-state index contributed by atoms with van der Waals surface area (Å²) in [5.74, 6) is 0.253. The van der Waals surface area contributed by atoms with Gasteiger partial charge < -0.3 is 5.11 Å². The van der Waals surface area contributed by atoms with Gasteiger partial charge >= 0.3 is 0 Å². The Bertz CT molecular complexity index is 529. The predicted octanol–water partition coefficient (Wildman–Crippen LogP) is 3.15. The van der Waals surface area contributed by atoms with Crippen LogP contribution in [0, 0.1) is 13.8 Å². The van der Waals surface area contributed by atoms with E-state index in [1.807, 2.05) is 38.1 Å². The molecular weight excluding hydrogens is 212 g/mol. The van der Waals surface area contributed by atoms with Gasteiger partial charge in [-0.15, -0.1) is 0 Å². The second-order valence-corrected chi connectivity index (χ2v) is 4.34. The van der Waals surface area contributed by atoms with Gasteiger partial charge in [-0.05, 0) is 31.9 Å². The average molecular weight is 230 g/mol. The van der Waals surface area contributed by atoms with E-state index in [1.54, 1.807) is 4.68 Å². The van der Waals surface area contributed by atoms with Crippen LogP contribution in [0.15, 0.2) is 24.3 Å². The SMILES string of the molecule is CCCc1nn(-c2ccccc2C)c(O)c1C. The Morgan fingerprint density at radius 2 is 1.94 bits per heavy atom. The van der Waals surface area contributed by atoms with Gasteiger partial charge in [-0.2, -0.15) is 5.10 Å². The first-order chi connectivity index (χ1) is 8.15. The van der Waals surface area contributed by atoms with Gasteiger partial charge in [0.25, 0.3) is 0 Å². The minimum atomic E-state index is 0.253. The van der Waals surface area contributed by atoms with Crippen LogP contribution in [-0.4, -0.2) is 14.9 Å². The lowest BCUT2D eigenvalue weighted by molar-refractivity contribution is 0.430. The molecule has 0 aliphatic carbocycles. The Balaban J connectivity index is 2.53. The molecule has 1 N–H and O–H groups in total. The van der Waals surface area contributed by atoms with Crippen LogP contribution in [0.5, 0.6) is 5.88 Å². The van der Waals surface area contributed by atoms with Crippen LogP contribution in [0.25, 0.3) is 5.69 Å². The summed E-state index contributed by atoms with van der Waals surface area (Å²) in [5.41, 5.74) is 3.91. The number of hydrogen-bond donors (Lipinski definition) is 1. The topological polar surface area (TPSA) is 38.0 Å². The van der Waals surface area contributed by atoms with Gasteiger partial charge in [0.2, 0.25) is 5.88 Å². The van der Waals surface area contributed by atoms with Crippen molar-refractivity contribution in [1.29, 1.82) is 0 Å². The predicted molar refractivity (Wildman–Crippen MR) is 68.7 cm³/mol. The van der Waals surface area contributed by atoms with Crippen molar-refractivity contribution in [3.05, 3.63) is 41.1 Å². The van der Waals surface area contributed by atoms with Gasteiger partial charge in [0.15, 0.2) is 0 Å². The van der Waals surface area contributed by atoms with Gasteiger partial charge in [-0.1, -0.05) is 31.5 Å². The van der Waals surface area contributed by atoms with Gasteiger partial charge in [0, 0.05) is 5.56 Å². The van der Waals surface area contributed by atoms with E-state index in [9.17, 15) is 5.11 Å². The summed E-state index contributed by atoms with van der Waals surface area (Å²) in [6.07, 6.45) is 1.93. The first kappa shape index (κ1) is 11.7. The monoisotopic (exact) mass is 230 g/mol. The van der Waals surface area contributed by atoms with Crippen LogP contribution in [-0.2, 0) is 6.42 Å². The Labute approximate surface area is 102 Å². The number of rotatable bonds is 3. The third-order valence-electron chi connectivity index (χ3n) is 3.02. The Morgan fingerprint density at radius 3 is 2.59 bits per heavy atom. The summed E-state index contributed by atoms with van der Waals surface area (Å²) >= 11 is 0. The molecule has 3 nitrogen and oxygen atoms in total. The number of benzene rings is 1. The van der Waals surface area contributed by atoms with Crippen molar-refractivity contribution >= 4 is 0 Å². The van der Waals surface area contributed by atoms with Crippen molar-refractivity contribution in [2.45, 2.75) is 33.6 Å². The molecule has 1 aromatic heterocycles. The van der Waals surface area contributed by atoms with Crippen molar-refractivity contribution in [3.63, 3.8) is 0 Å². The summed E-state index contributed by atoms with van der Waals surface area (Å²) in [7, 11) is 0. The molecule has 0 fully saturated rings. The molecule has 3 heteroatoms. The first-order valence-electron chi connectivity index (χ1n) is 5.98. The lowest BCUT2D eigenvalue weighted by atomic mass is 10.2. The van der Waals surface area contributed by atoms with E-state index in [1.165, 1.54) is 0 Å². The molecule has 0 saturated carbocycles. The fourth-order valence-electron chi connectivity index (χ4n) is 1.97. The number of hydrogen-bond acceptors (Lipinski definition) is 2. The highest BCUT2D eigenvalue weighted by molar-refractivity contribution is 5.44. The molecule has 0 bridgehead atoms. The summed E-state index contributed by atoms with van der Waals surface area (Å²) in [4.78, 5) is 0. The lowest BCUT2D eigenvalue weighted by Crippen LogP contribution is -1.99. The van der Waals surface area contributed by atoms with Crippen molar-refractivity contribution in [1.82, 2.24) is 9.78 Å². The fraction of sp³-hybridized carbons (Fsp3) is 0.357. The van der Waals surface area contributed by atoms with Gasteiger partial charge in [-0.3, -0.25) is 0 Å². The van der Waals surface area contributed by atoms with E-state index in [2.05, 4.69) is 12.0 Å². The van der Waals surface area contributed by atoms with Crippen molar-refractivity contribution < 1.29 is 5.11 Å². The third-order valence-corrected chi connectivity index (χ3v) is 3.02. The molecule has 0 aliphatic rings. The van der Waals surface area contributed by atoms with Crippen LogP contribution >= 0.6 is 0 Å². The van der Waals surface area contributed by atoms with E-state index in [0.717, 1.165) is 35.3 Å². The number of para-hydroxylation sites is 1. The number of aromatic hydroxyl groups is 1. The van der Waals surface area contributed by atoms with Crippen LogP contribution in [0.3, 0.4) is 0 Å². The zero-order chi connectivity index (χ0) is 12.4. The van der Waals surface area contributed by atoms with Gasteiger partial charge in [0.1, 0.15) is 0 Å². The zero-order valence-corrected chi connectivity index (χ0v) is 10.6. The largest absolute Gasteiger partial charge is 0.493 e. The molecule has 0 amide bonds. The highest BCUT2D eigenvalue weighted by Gasteiger charge is 2.14. The zero-order valence-electron chi connectivity index (χ0n) is 10.6. The van der Waals surface area contributed by atoms with Crippen LogP contribution in [0.4, 0.5) is 0 Å². The minimum Gasteiger partial charge on any atom is -0.493 e. The molecule has 0 atom stereocenters.